The molecule has 0 aliphatic rings. The Hall–Kier alpha value is -1.28. The molecule has 0 aliphatic heterocycles. The van der Waals surface area contributed by atoms with Gasteiger partial charge in [-0.1, -0.05) is 140 Å². The average Bonchev–Trinajstić information content (AvgIpc) is 3.11. The molecular weight excluding hydrogens is 685 g/mol. The van der Waals surface area contributed by atoms with Gasteiger partial charge >= 0.3 is 13.8 Å². The van der Waals surface area contributed by atoms with Gasteiger partial charge in [0.05, 0.1) is 34.4 Å². The van der Waals surface area contributed by atoms with E-state index in [1.807, 2.05) is 21.1 Å². The molecule has 0 radical (unpaired) electrons. The summed E-state index contributed by atoms with van der Waals surface area (Å²) in [6, 6.07) is 0. The molecule has 0 aliphatic carbocycles. The smallest absolute Gasteiger partial charge is 0.457 e. The fourth-order valence-corrected chi connectivity index (χ4v) is 6.49. The van der Waals surface area contributed by atoms with Crippen LogP contribution in [0.25, 0.3) is 0 Å². The number of carbonyl (C=O) groups excluding carboxylic acids is 1. The van der Waals surface area contributed by atoms with Gasteiger partial charge < -0.3 is 18.9 Å². The van der Waals surface area contributed by atoms with Gasteiger partial charge in [0.2, 0.25) is 0 Å². The lowest BCUT2D eigenvalue weighted by molar-refractivity contribution is -0.870. The van der Waals surface area contributed by atoms with Crippen LogP contribution in [-0.4, -0.2) is 75.6 Å². The van der Waals surface area contributed by atoms with Gasteiger partial charge in [-0.3, -0.25) is 13.8 Å². The van der Waals surface area contributed by atoms with E-state index in [4.69, 9.17) is 18.5 Å². The SMILES string of the molecule is CCCCC/C=C\C/C=C\CCCCCCCC(=O)O[C@H](COCCCCCCCC/C=C\CCCCCCCC)COP(=O)(O)OCC[N+](C)(C)C. The van der Waals surface area contributed by atoms with Crippen molar-refractivity contribution < 1.29 is 37.3 Å². The molecule has 0 fully saturated rings. The van der Waals surface area contributed by atoms with Gasteiger partial charge in [-0.25, -0.2) is 4.57 Å². The summed E-state index contributed by atoms with van der Waals surface area (Å²) in [6.45, 7) is 5.56. The van der Waals surface area contributed by atoms with Crippen molar-refractivity contribution in [3.05, 3.63) is 36.5 Å². The molecule has 53 heavy (non-hydrogen) atoms. The number of rotatable bonds is 40. The Morgan fingerprint density at radius 1 is 0.585 bits per heavy atom. The minimum atomic E-state index is -4.28. The predicted octanol–water partition coefficient (Wildman–Crippen LogP) is 12.6. The second-order valence-electron chi connectivity index (χ2n) is 15.7. The van der Waals surface area contributed by atoms with E-state index in [0.29, 0.717) is 24.1 Å². The lowest BCUT2D eigenvalue weighted by Crippen LogP contribution is -2.37. The first-order valence-electron chi connectivity index (χ1n) is 21.7. The summed E-state index contributed by atoms with van der Waals surface area (Å²) < 4.78 is 35.0. The third-order valence-electron chi connectivity index (χ3n) is 9.17. The van der Waals surface area contributed by atoms with E-state index in [1.54, 1.807) is 0 Å². The van der Waals surface area contributed by atoms with Gasteiger partial charge in [0.15, 0.2) is 0 Å². The maximum atomic E-state index is 12.7. The molecule has 0 spiro atoms. The first-order valence-corrected chi connectivity index (χ1v) is 23.2. The molecule has 0 heterocycles. The fourth-order valence-electron chi connectivity index (χ4n) is 5.75. The van der Waals surface area contributed by atoms with Gasteiger partial charge in [-0.05, 0) is 70.6 Å². The van der Waals surface area contributed by atoms with Crippen molar-refractivity contribution in [1.29, 1.82) is 0 Å². The van der Waals surface area contributed by atoms with Crippen LogP contribution in [-0.2, 0) is 27.9 Å². The van der Waals surface area contributed by atoms with Gasteiger partial charge in [0.1, 0.15) is 19.3 Å². The monoisotopic (exact) mass is 771 g/mol. The summed E-state index contributed by atoms with van der Waals surface area (Å²) in [5, 5.41) is 0. The molecule has 0 amide bonds. The lowest BCUT2D eigenvalue weighted by atomic mass is 10.1. The van der Waals surface area contributed by atoms with Crippen LogP contribution in [0.3, 0.4) is 0 Å². The standard InChI is InChI=1S/C44H84NO7P/c1-6-8-10-12-14-16-18-20-22-24-26-28-30-32-34-36-39-49-41-43(42-51-53(47,48)50-40-38-45(3,4)5)52-44(46)37-35-33-31-29-27-25-23-21-19-17-15-13-11-9-7-2/h15,17,20-23,43H,6-14,16,18-19,24-42H2,1-5H3/p+1/b17-15-,22-20-,23-21-/t43-/m1/s1. The Morgan fingerprint density at radius 3 is 1.58 bits per heavy atom. The van der Waals surface area contributed by atoms with Crippen LogP contribution >= 0.6 is 7.82 Å². The number of esters is 1. The second kappa shape index (κ2) is 37.6. The zero-order valence-corrected chi connectivity index (χ0v) is 36.1. The summed E-state index contributed by atoms with van der Waals surface area (Å²) in [6.07, 6.45) is 43.1. The number of hydrogen-bond acceptors (Lipinski definition) is 6. The summed E-state index contributed by atoms with van der Waals surface area (Å²) in [7, 11) is 1.65. The molecule has 9 heteroatoms. The summed E-state index contributed by atoms with van der Waals surface area (Å²) in [5.41, 5.74) is 0. The van der Waals surface area contributed by atoms with Crippen LogP contribution in [0.1, 0.15) is 181 Å². The molecule has 8 nitrogen and oxygen atoms in total. The summed E-state index contributed by atoms with van der Waals surface area (Å²) in [4.78, 5) is 22.9. The van der Waals surface area contributed by atoms with E-state index in [2.05, 4.69) is 50.3 Å². The molecule has 0 saturated carbocycles. The Labute approximate surface area is 327 Å². The number of ether oxygens (including phenoxy) is 2. The van der Waals surface area contributed by atoms with Gasteiger partial charge in [0.25, 0.3) is 0 Å². The van der Waals surface area contributed by atoms with E-state index in [-0.39, 0.29) is 25.8 Å². The van der Waals surface area contributed by atoms with Crippen molar-refractivity contribution in [3.8, 4) is 0 Å². The number of carbonyl (C=O) groups is 1. The molecule has 0 aromatic rings. The Balaban J connectivity index is 4.28. The molecule has 0 aromatic heterocycles. The van der Waals surface area contributed by atoms with Crippen molar-refractivity contribution >= 4 is 13.8 Å². The zero-order valence-electron chi connectivity index (χ0n) is 35.3. The van der Waals surface area contributed by atoms with Crippen molar-refractivity contribution in [1.82, 2.24) is 0 Å². The third-order valence-corrected chi connectivity index (χ3v) is 10.2. The van der Waals surface area contributed by atoms with Crippen LogP contribution in [0.2, 0.25) is 0 Å². The Morgan fingerprint density at radius 2 is 1.04 bits per heavy atom. The number of allylic oxidation sites excluding steroid dienone is 6. The zero-order chi connectivity index (χ0) is 39.1. The number of quaternary nitrogens is 1. The number of phosphoric ester groups is 1. The van der Waals surface area contributed by atoms with E-state index in [9.17, 15) is 14.3 Å². The molecule has 0 aromatic carbocycles. The maximum absolute atomic E-state index is 12.7. The fraction of sp³-hybridized carbons (Fsp3) is 0.841. The molecule has 1 unspecified atom stereocenters. The molecule has 0 rings (SSSR count). The van der Waals surface area contributed by atoms with E-state index in [1.165, 1.54) is 103 Å². The van der Waals surface area contributed by atoms with Crippen LogP contribution in [0, 0.1) is 0 Å². The van der Waals surface area contributed by atoms with Crippen molar-refractivity contribution in [2.24, 2.45) is 0 Å². The van der Waals surface area contributed by atoms with E-state index < -0.39 is 13.9 Å². The van der Waals surface area contributed by atoms with Crippen LogP contribution in [0.5, 0.6) is 0 Å². The highest BCUT2D eigenvalue weighted by Crippen LogP contribution is 2.43. The second-order valence-corrected chi connectivity index (χ2v) is 17.2. The number of phosphoric acid groups is 1. The van der Waals surface area contributed by atoms with E-state index in [0.717, 1.165) is 57.8 Å². The minimum absolute atomic E-state index is 0.0843. The average molecular weight is 771 g/mol. The van der Waals surface area contributed by atoms with Crippen LogP contribution in [0.4, 0.5) is 0 Å². The van der Waals surface area contributed by atoms with Crippen molar-refractivity contribution in [2.45, 2.75) is 187 Å². The Kier molecular flexibility index (Phi) is 36.7. The van der Waals surface area contributed by atoms with Crippen LogP contribution < -0.4 is 0 Å². The molecular formula is C44H85NO7P+. The van der Waals surface area contributed by atoms with E-state index >= 15 is 0 Å². The summed E-state index contributed by atoms with van der Waals surface area (Å²) in [5.74, 6) is -0.330. The highest BCUT2D eigenvalue weighted by Gasteiger charge is 2.26. The van der Waals surface area contributed by atoms with Gasteiger partial charge in [-0.2, -0.15) is 0 Å². The van der Waals surface area contributed by atoms with Crippen molar-refractivity contribution in [3.63, 3.8) is 0 Å². The topological polar surface area (TPSA) is 91.3 Å². The number of likely N-dealkylation sites (N-methyl/N-ethyl adjacent to an activating group) is 1. The number of hydrogen-bond donors (Lipinski definition) is 1. The molecule has 0 saturated heterocycles. The summed E-state index contributed by atoms with van der Waals surface area (Å²) >= 11 is 0. The Bertz CT molecular complexity index is 947. The highest BCUT2D eigenvalue weighted by atomic mass is 31.2. The first kappa shape index (κ1) is 51.7. The quantitative estimate of drug-likeness (QED) is 0.0218. The molecule has 1 N–H and O–H groups in total. The van der Waals surface area contributed by atoms with Gasteiger partial charge in [-0.15, -0.1) is 0 Å². The number of nitrogens with zero attached hydrogens (tertiary/aromatic N) is 1. The highest BCUT2D eigenvalue weighted by molar-refractivity contribution is 7.47. The third kappa shape index (κ3) is 41.7. The minimum Gasteiger partial charge on any atom is -0.457 e. The predicted molar refractivity (Wildman–Crippen MR) is 224 cm³/mol. The van der Waals surface area contributed by atoms with Gasteiger partial charge in [0, 0.05) is 13.0 Å². The molecule has 312 valence electrons. The first-order chi connectivity index (χ1) is 25.6. The lowest BCUT2D eigenvalue weighted by Gasteiger charge is -2.24. The van der Waals surface area contributed by atoms with Crippen LogP contribution in [0.15, 0.2) is 36.5 Å². The normalized spacial score (nSPS) is 14.2. The van der Waals surface area contributed by atoms with Crippen molar-refractivity contribution in [2.75, 3.05) is 54.1 Å². The largest absolute Gasteiger partial charge is 0.472 e. The molecule has 2 atom stereocenters. The maximum Gasteiger partial charge on any atom is 0.472 e. The molecule has 0 bridgehead atoms. The number of unbranched alkanes of at least 4 members (excludes halogenated alkanes) is 20.